The molecule has 1 aliphatic rings. The van der Waals surface area contributed by atoms with E-state index in [1.807, 2.05) is 24.3 Å². The van der Waals surface area contributed by atoms with Crippen molar-refractivity contribution in [3.05, 3.63) is 24.3 Å². The third kappa shape index (κ3) is 5.79. The van der Waals surface area contributed by atoms with E-state index in [-0.39, 0.29) is 19.6 Å². The number of rotatable bonds is 7. The molecule has 0 aliphatic carbocycles. The number of benzene rings is 1. The highest BCUT2D eigenvalue weighted by atomic mass is 16.5. The Hall–Kier alpha value is -2.77. The van der Waals surface area contributed by atoms with Gasteiger partial charge >= 0.3 is 12.0 Å². The summed E-state index contributed by atoms with van der Waals surface area (Å²) in [7, 11) is 0. The Balaban J connectivity index is 1.70. The monoisotopic (exact) mass is 334 g/mol. The Labute approximate surface area is 140 Å². The van der Waals surface area contributed by atoms with Gasteiger partial charge in [-0.2, -0.15) is 0 Å². The summed E-state index contributed by atoms with van der Waals surface area (Å²) >= 11 is 0. The van der Waals surface area contributed by atoms with Crippen molar-refractivity contribution in [2.45, 2.75) is 19.3 Å². The minimum absolute atomic E-state index is 0.0409. The molecule has 0 saturated carbocycles. The molecule has 8 nitrogen and oxygen atoms in total. The van der Waals surface area contributed by atoms with Gasteiger partial charge in [0.05, 0.1) is 6.42 Å². The highest BCUT2D eigenvalue weighted by molar-refractivity contribution is 5.93. The topological polar surface area (TPSA) is 114 Å². The molecular weight excluding hydrogens is 312 g/mol. The molecule has 3 amide bonds. The molecule has 0 bridgehead atoms. The number of amides is 3. The summed E-state index contributed by atoms with van der Waals surface area (Å²) in [4.78, 5) is 35.9. The van der Waals surface area contributed by atoms with Crippen LogP contribution >= 0.6 is 0 Å². The van der Waals surface area contributed by atoms with Gasteiger partial charge in [0, 0.05) is 31.0 Å². The van der Waals surface area contributed by atoms with Crippen LogP contribution < -0.4 is 21.3 Å². The summed E-state index contributed by atoms with van der Waals surface area (Å²) in [5.41, 5.74) is 6.65. The lowest BCUT2D eigenvalue weighted by Gasteiger charge is -2.17. The normalized spacial score (nSPS) is 13.4. The molecule has 4 N–H and O–H groups in total. The molecular formula is C16H22N4O4. The van der Waals surface area contributed by atoms with Crippen LogP contribution in [0.15, 0.2) is 24.3 Å². The second kappa shape index (κ2) is 8.76. The van der Waals surface area contributed by atoms with E-state index in [9.17, 15) is 14.4 Å². The zero-order valence-corrected chi connectivity index (χ0v) is 13.4. The van der Waals surface area contributed by atoms with E-state index in [2.05, 4.69) is 15.5 Å². The van der Waals surface area contributed by atoms with Crippen LogP contribution in [0.5, 0.6) is 0 Å². The van der Waals surface area contributed by atoms with Crippen molar-refractivity contribution < 1.29 is 19.1 Å². The number of anilines is 2. The smallest absolute Gasteiger partial charge is 0.312 e. The molecule has 8 heteroatoms. The molecule has 2 rings (SSSR count). The number of esters is 1. The van der Waals surface area contributed by atoms with Crippen LogP contribution in [0.2, 0.25) is 0 Å². The van der Waals surface area contributed by atoms with Gasteiger partial charge in [0.15, 0.2) is 6.61 Å². The number of urea groups is 1. The minimum atomic E-state index is -0.710. The van der Waals surface area contributed by atoms with E-state index in [1.165, 1.54) is 12.8 Å². The van der Waals surface area contributed by atoms with Gasteiger partial charge in [-0.15, -0.1) is 0 Å². The van der Waals surface area contributed by atoms with Gasteiger partial charge in [0.1, 0.15) is 0 Å². The Morgan fingerprint density at radius 1 is 1.12 bits per heavy atom. The van der Waals surface area contributed by atoms with Crippen LogP contribution in [0.25, 0.3) is 0 Å². The van der Waals surface area contributed by atoms with E-state index in [0.717, 1.165) is 18.8 Å². The summed E-state index contributed by atoms with van der Waals surface area (Å²) < 4.78 is 4.81. The summed E-state index contributed by atoms with van der Waals surface area (Å²) in [6.45, 7) is 1.83. The Morgan fingerprint density at radius 2 is 1.79 bits per heavy atom. The van der Waals surface area contributed by atoms with Crippen LogP contribution in [0.1, 0.15) is 19.3 Å². The molecule has 0 radical (unpaired) electrons. The number of hydrogen-bond acceptors (Lipinski definition) is 5. The molecule has 1 aromatic carbocycles. The fourth-order valence-electron chi connectivity index (χ4n) is 2.43. The van der Waals surface area contributed by atoms with E-state index >= 15 is 0 Å². The molecule has 24 heavy (non-hydrogen) atoms. The van der Waals surface area contributed by atoms with Crippen LogP contribution in [0.4, 0.5) is 16.2 Å². The lowest BCUT2D eigenvalue weighted by Crippen LogP contribution is -2.31. The van der Waals surface area contributed by atoms with E-state index in [1.54, 1.807) is 0 Å². The summed E-state index contributed by atoms with van der Waals surface area (Å²) in [5.74, 6) is -0.997. The van der Waals surface area contributed by atoms with Crippen molar-refractivity contribution >= 4 is 29.3 Å². The molecule has 0 aromatic heterocycles. The minimum Gasteiger partial charge on any atom is -0.456 e. The number of hydrogen-bond donors (Lipinski definition) is 3. The summed E-state index contributed by atoms with van der Waals surface area (Å²) in [6.07, 6.45) is 2.37. The number of carbonyl (C=O) groups is 3. The zero-order chi connectivity index (χ0) is 17.4. The largest absolute Gasteiger partial charge is 0.456 e. The average Bonchev–Trinajstić information content (AvgIpc) is 3.08. The number of nitrogens with two attached hydrogens (primary N) is 1. The van der Waals surface area contributed by atoms with Crippen molar-refractivity contribution in [1.82, 2.24) is 5.32 Å². The fourth-order valence-corrected chi connectivity index (χ4v) is 2.43. The number of carbonyl (C=O) groups excluding carboxylic acids is 3. The highest BCUT2D eigenvalue weighted by Gasteiger charge is 2.12. The summed E-state index contributed by atoms with van der Waals surface area (Å²) in [5, 5.41) is 4.93. The zero-order valence-electron chi connectivity index (χ0n) is 13.4. The number of ether oxygens (including phenoxy) is 1. The van der Waals surface area contributed by atoms with E-state index < -0.39 is 17.9 Å². The first-order valence-corrected chi connectivity index (χ1v) is 7.88. The van der Waals surface area contributed by atoms with Gasteiger partial charge in [-0.1, -0.05) is 0 Å². The molecule has 1 heterocycles. The second-order valence-electron chi connectivity index (χ2n) is 5.49. The van der Waals surface area contributed by atoms with Crippen LogP contribution in [0, 0.1) is 0 Å². The standard InChI is InChI=1S/C16H22N4O4/c17-16(23)18-8-7-15(22)24-11-14(21)19-12-3-5-13(6-4-12)20-9-1-2-10-20/h3-6H,1-2,7-11H2,(H,19,21)(H3,17,18,23). The molecule has 0 unspecified atom stereocenters. The third-order valence-electron chi connectivity index (χ3n) is 3.61. The molecule has 0 spiro atoms. The van der Waals surface area contributed by atoms with Gasteiger partial charge in [-0.25, -0.2) is 4.79 Å². The lowest BCUT2D eigenvalue weighted by molar-refractivity contribution is -0.147. The first-order valence-electron chi connectivity index (χ1n) is 7.88. The van der Waals surface area contributed by atoms with E-state index in [0.29, 0.717) is 5.69 Å². The van der Waals surface area contributed by atoms with Gasteiger partial charge in [-0.05, 0) is 37.1 Å². The molecule has 130 valence electrons. The Morgan fingerprint density at radius 3 is 2.42 bits per heavy atom. The SMILES string of the molecule is NC(=O)NCCC(=O)OCC(=O)Nc1ccc(N2CCCC2)cc1. The maximum absolute atomic E-state index is 11.8. The van der Waals surface area contributed by atoms with Gasteiger partial charge in [0.25, 0.3) is 5.91 Å². The molecule has 1 saturated heterocycles. The number of primary amides is 1. The maximum Gasteiger partial charge on any atom is 0.312 e. The van der Waals surface area contributed by atoms with Crippen molar-refractivity contribution in [2.24, 2.45) is 5.73 Å². The third-order valence-corrected chi connectivity index (χ3v) is 3.61. The first kappa shape index (κ1) is 17.6. The maximum atomic E-state index is 11.8. The molecule has 0 atom stereocenters. The average molecular weight is 334 g/mol. The first-order chi connectivity index (χ1) is 11.5. The molecule has 1 aliphatic heterocycles. The fraction of sp³-hybridized carbons (Fsp3) is 0.438. The van der Waals surface area contributed by atoms with Crippen molar-refractivity contribution in [3.63, 3.8) is 0 Å². The number of nitrogens with one attached hydrogen (secondary N) is 2. The predicted molar refractivity (Wildman–Crippen MR) is 89.7 cm³/mol. The highest BCUT2D eigenvalue weighted by Crippen LogP contribution is 2.21. The molecule has 1 aromatic rings. The Bertz CT molecular complexity index is 582. The quantitative estimate of drug-likeness (QED) is 0.639. The van der Waals surface area contributed by atoms with Gasteiger partial charge in [0.2, 0.25) is 0 Å². The van der Waals surface area contributed by atoms with Gasteiger partial charge < -0.3 is 26.0 Å². The second-order valence-corrected chi connectivity index (χ2v) is 5.49. The van der Waals surface area contributed by atoms with E-state index in [4.69, 9.17) is 10.5 Å². The predicted octanol–water partition coefficient (Wildman–Crippen LogP) is 0.827. The number of nitrogens with zero attached hydrogens (tertiary/aromatic N) is 1. The van der Waals surface area contributed by atoms with Crippen molar-refractivity contribution in [3.8, 4) is 0 Å². The lowest BCUT2D eigenvalue weighted by atomic mass is 10.2. The Kier molecular flexibility index (Phi) is 6.41. The van der Waals surface area contributed by atoms with Crippen molar-refractivity contribution in [1.29, 1.82) is 0 Å². The van der Waals surface area contributed by atoms with Gasteiger partial charge in [-0.3, -0.25) is 9.59 Å². The van der Waals surface area contributed by atoms with Crippen LogP contribution in [-0.4, -0.2) is 44.1 Å². The van der Waals surface area contributed by atoms with Crippen LogP contribution in [0.3, 0.4) is 0 Å². The summed E-state index contributed by atoms with van der Waals surface area (Å²) in [6, 6.07) is 6.86. The van der Waals surface area contributed by atoms with Crippen molar-refractivity contribution in [2.75, 3.05) is 36.5 Å². The van der Waals surface area contributed by atoms with Crippen LogP contribution in [-0.2, 0) is 14.3 Å². The molecule has 1 fully saturated rings.